The highest BCUT2D eigenvalue weighted by Gasteiger charge is 2.21. The van der Waals surface area contributed by atoms with E-state index in [9.17, 15) is 13.2 Å². The van der Waals surface area contributed by atoms with Crippen LogP contribution in [0.5, 0.6) is 0 Å². The van der Waals surface area contributed by atoms with E-state index in [0.29, 0.717) is 23.6 Å². The average Bonchev–Trinajstić information content (AvgIpc) is 2.45. The molecule has 0 fully saturated rings. The van der Waals surface area contributed by atoms with E-state index in [4.69, 9.17) is 11.6 Å². The molecule has 2 unspecified atom stereocenters. The second-order valence-corrected chi connectivity index (χ2v) is 5.56. The van der Waals surface area contributed by atoms with Crippen LogP contribution < -0.4 is 0 Å². The van der Waals surface area contributed by atoms with Crippen molar-refractivity contribution in [3.05, 3.63) is 70.5 Å². The van der Waals surface area contributed by atoms with Gasteiger partial charge in [-0.25, -0.2) is 13.2 Å². The molecule has 2 aromatic carbocycles. The predicted octanol–water partition coefficient (Wildman–Crippen LogP) is 5.95. The molecule has 0 aliphatic carbocycles. The molecule has 0 heterocycles. The van der Waals surface area contributed by atoms with Crippen molar-refractivity contribution in [2.45, 2.75) is 31.6 Å². The number of rotatable bonds is 4. The number of alkyl halides is 1. The third kappa shape index (κ3) is 3.41. The first kappa shape index (κ1) is 15.9. The van der Waals surface area contributed by atoms with Gasteiger partial charge in [0.2, 0.25) is 0 Å². The fraction of sp³-hybridized carbons (Fsp3) is 0.294. The lowest BCUT2D eigenvalue weighted by Crippen LogP contribution is -2.02. The highest BCUT2D eigenvalue weighted by molar-refractivity contribution is 6.22. The fourth-order valence-corrected chi connectivity index (χ4v) is 2.55. The molecule has 112 valence electrons. The summed E-state index contributed by atoms with van der Waals surface area (Å²) in [4.78, 5) is 0. The van der Waals surface area contributed by atoms with Crippen LogP contribution in [0.25, 0.3) is 0 Å². The molecule has 0 aromatic heterocycles. The van der Waals surface area contributed by atoms with Crippen LogP contribution in [0.15, 0.2) is 36.4 Å². The number of hydrogen-bond acceptors (Lipinski definition) is 0. The molecule has 2 rings (SSSR count). The summed E-state index contributed by atoms with van der Waals surface area (Å²) in [6.45, 7) is 4.19. The maximum atomic E-state index is 13.7. The molecular formula is C17H16ClF3. The zero-order valence-corrected chi connectivity index (χ0v) is 12.6. The zero-order chi connectivity index (χ0) is 15.6. The monoisotopic (exact) mass is 312 g/mol. The Hall–Kier alpha value is -1.48. The summed E-state index contributed by atoms with van der Waals surface area (Å²) < 4.78 is 40.4. The highest BCUT2D eigenvalue weighted by Crippen LogP contribution is 2.33. The summed E-state index contributed by atoms with van der Waals surface area (Å²) in [5, 5.41) is -0.989. The van der Waals surface area contributed by atoms with E-state index in [1.807, 2.05) is 12.1 Å². The molecule has 0 amide bonds. The van der Waals surface area contributed by atoms with E-state index in [-0.39, 0.29) is 5.56 Å². The molecule has 2 aromatic rings. The predicted molar refractivity (Wildman–Crippen MR) is 79.2 cm³/mol. The summed E-state index contributed by atoms with van der Waals surface area (Å²) >= 11 is 6.16. The third-order valence-corrected chi connectivity index (χ3v) is 4.18. The summed E-state index contributed by atoms with van der Waals surface area (Å²) in [6, 6.07) is 8.59. The maximum Gasteiger partial charge on any atom is 0.134 e. The van der Waals surface area contributed by atoms with Gasteiger partial charge < -0.3 is 0 Å². The summed E-state index contributed by atoms with van der Waals surface area (Å²) in [6.07, 6.45) is 1.00. The Balaban J connectivity index is 2.34. The minimum absolute atomic E-state index is 0.325. The fourth-order valence-electron chi connectivity index (χ4n) is 2.19. The van der Waals surface area contributed by atoms with Crippen molar-refractivity contribution in [2.75, 3.05) is 0 Å². The van der Waals surface area contributed by atoms with Gasteiger partial charge in [-0.2, -0.15) is 0 Å². The lowest BCUT2D eigenvalue weighted by molar-refractivity contribution is 0.526. The summed E-state index contributed by atoms with van der Waals surface area (Å²) in [5.74, 6) is -2.49. The van der Waals surface area contributed by atoms with Crippen LogP contribution in [0.1, 0.15) is 48.3 Å². The van der Waals surface area contributed by atoms with E-state index >= 15 is 0 Å². The van der Waals surface area contributed by atoms with Gasteiger partial charge in [0.05, 0.1) is 5.38 Å². The van der Waals surface area contributed by atoms with Gasteiger partial charge in [0.15, 0.2) is 0 Å². The Morgan fingerprint density at radius 1 is 0.952 bits per heavy atom. The van der Waals surface area contributed by atoms with E-state index in [2.05, 4.69) is 13.8 Å². The van der Waals surface area contributed by atoms with Gasteiger partial charge in [-0.05, 0) is 23.5 Å². The Morgan fingerprint density at radius 3 is 1.90 bits per heavy atom. The maximum absolute atomic E-state index is 13.7. The summed E-state index contributed by atoms with van der Waals surface area (Å²) in [5.41, 5.74) is 1.40. The molecule has 0 spiro atoms. The van der Waals surface area contributed by atoms with E-state index in [1.54, 1.807) is 12.1 Å². The first-order valence-electron chi connectivity index (χ1n) is 6.82. The lowest BCUT2D eigenvalue weighted by Gasteiger charge is -2.14. The van der Waals surface area contributed by atoms with Crippen molar-refractivity contribution in [3.8, 4) is 0 Å². The minimum Gasteiger partial charge on any atom is -0.207 e. The molecule has 0 bridgehead atoms. The summed E-state index contributed by atoms with van der Waals surface area (Å²) in [7, 11) is 0. The van der Waals surface area contributed by atoms with Gasteiger partial charge in [-0.1, -0.05) is 38.1 Å². The number of benzene rings is 2. The van der Waals surface area contributed by atoms with E-state index in [1.165, 1.54) is 0 Å². The number of halogens is 4. The molecule has 2 atom stereocenters. The molecule has 0 nitrogen and oxygen atoms in total. The Bertz CT molecular complexity index is 599. The van der Waals surface area contributed by atoms with Crippen molar-refractivity contribution in [1.82, 2.24) is 0 Å². The molecule has 0 N–H and O–H groups in total. The molecule has 0 saturated heterocycles. The van der Waals surface area contributed by atoms with E-state index in [0.717, 1.165) is 12.0 Å². The molecule has 0 radical (unpaired) electrons. The van der Waals surface area contributed by atoms with Crippen LogP contribution in [-0.4, -0.2) is 0 Å². The van der Waals surface area contributed by atoms with Crippen LogP contribution in [0.2, 0.25) is 0 Å². The third-order valence-electron chi connectivity index (χ3n) is 3.71. The van der Waals surface area contributed by atoms with Gasteiger partial charge >= 0.3 is 0 Å². The van der Waals surface area contributed by atoms with Crippen molar-refractivity contribution in [2.24, 2.45) is 0 Å². The second kappa shape index (κ2) is 6.52. The molecule has 0 saturated carbocycles. The van der Waals surface area contributed by atoms with Crippen molar-refractivity contribution in [1.29, 1.82) is 0 Å². The van der Waals surface area contributed by atoms with Gasteiger partial charge in [0.25, 0.3) is 0 Å². The highest BCUT2D eigenvalue weighted by atomic mass is 35.5. The van der Waals surface area contributed by atoms with Crippen molar-refractivity contribution >= 4 is 11.6 Å². The Labute approximate surface area is 127 Å². The van der Waals surface area contributed by atoms with Gasteiger partial charge in [-0.3, -0.25) is 0 Å². The molecule has 21 heavy (non-hydrogen) atoms. The van der Waals surface area contributed by atoms with Crippen molar-refractivity contribution < 1.29 is 13.2 Å². The SMILES string of the molecule is CCC(C)c1ccc(C(Cl)c2c(F)cc(F)cc2F)cc1. The van der Waals surface area contributed by atoms with Gasteiger partial charge in [-0.15, -0.1) is 11.6 Å². The van der Waals surface area contributed by atoms with Crippen LogP contribution in [0.3, 0.4) is 0 Å². The van der Waals surface area contributed by atoms with Gasteiger partial charge in [0, 0.05) is 17.7 Å². The lowest BCUT2D eigenvalue weighted by atomic mass is 9.95. The average molecular weight is 313 g/mol. The van der Waals surface area contributed by atoms with Crippen LogP contribution in [0.4, 0.5) is 13.2 Å². The smallest absolute Gasteiger partial charge is 0.134 e. The van der Waals surface area contributed by atoms with Crippen LogP contribution >= 0.6 is 11.6 Å². The van der Waals surface area contributed by atoms with Crippen molar-refractivity contribution in [3.63, 3.8) is 0 Å². The van der Waals surface area contributed by atoms with Crippen LogP contribution in [-0.2, 0) is 0 Å². The van der Waals surface area contributed by atoms with Gasteiger partial charge in [0.1, 0.15) is 17.5 Å². The molecule has 4 heteroatoms. The molecule has 0 aliphatic rings. The minimum atomic E-state index is -0.989. The molecule has 0 aliphatic heterocycles. The zero-order valence-electron chi connectivity index (χ0n) is 11.8. The Morgan fingerprint density at radius 2 is 1.43 bits per heavy atom. The largest absolute Gasteiger partial charge is 0.207 e. The topological polar surface area (TPSA) is 0 Å². The van der Waals surface area contributed by atoms with E-state index < -0.39 is 22.8 Å². The quantitative estimate of drug-likeness (QED) is 0.612. The first-order valence-corrected chi connectivity index (χ1v) is 7.26. The molecular weight excluding hydrogens is 297 g/mol. The normalized spacial score (nSPS) is 14.0. The standard InChI is InChI=1S/C17H16ClF3/c1-3-10(2)11-4-6-12(7-5-11)17(18)16-14(20)8-13(19)9-15(16)21/h4-10,17H,3H2,1-2H3. The second-order valence-electron chi connectivity index (χ2n) is 5.12. The number of hydrogen-bond donors (Lipinski definition) is 0. The Kier molecular flexibility index (Phi) is 4.94. The van der Waals surface area contributed by atoms with Crippen LogP contribution in [0, 0.1) is 17.5 Å². The first-order chi connectivity index (χ1) is 9.93.